The number of nitrogens with zero attached hydrogens (tertiary/aromatic N) is 8. The molecule has 0 unspecified atom stereocenters. The van der Waals surface area contributed by atoms with Gasteiger partial charge in [-0.05, 0) is 56.2 Å². The van der Waals surface area contributed by atoms with Crippen molar-refractivity contribution in [2.75, 3.05) is 38.0 Å². The molecule has 0 spiro atoms. The Labute approximate surface area is 375 Å². The molecule has 0 fully saturated rings. The maximum Gasteiger partial charge on any atom is 2.00 e. The summed E-state index contributed by atoms with van der Waals surface area (Å²) in [5.41, 5.74) is 8.14. The van der Waals surface area contributed by atoms with E-state index in [2.05, 4.69) is 39.8 Å². The molecule has 0 saturated heterocycles. The first-order valence-electron chi connectivity index (χ1n) is 17.8. The molecule has 0 aliphatic heterocycles. The predicted molar refractivity (Wildman–Crippen MR) is 246 cm³/mol. The molecule has 0 radical (unpaired) electrons. The minimum atomic E-state index is -0.0994. The zero-order valence-corrected chi connectivity index (χ0v) is 38.3. The van der Waals surface area contributed by atoms with Crippen molar-refractivity contribution in [2.45, 2.75) is 54.9 Å². The molecule has 0 atom stereocenters. The van der Waals surface area contributed by atoms with Crippen LogP contribution < -0.4 is 33.3 Å². The number of thiophene rings is 2. The van der Waals surface area contributed by atoms with Crippen molar-refractivity contribution in [3.63, 3.8) is 0 Å². The van der Waals surface area contributed by atoms with E-state index in [9.17, 15) is 9.59 Å². The zero-order valence-electron chi connectivity index (χ0n) is 33.8. The van der Waals surface area contributed by atoms with Crippen LogP contribution in [0.25, 0.3) is 52.2 Å². The molecule has 0 bridgehead atoms. The van der Waals surface area contributed by atoms with Gasteiger partial charge in [-0.15, -0.1) is 22.7 Å². The minimum Gasteiger partial charge on any atom is -1.00 e. The third-order valence-corrected chi connectivity index (χ3v) is 11.1. The second-order valence-corrected chi connectivity index (χ2v) is 16.4. The van der Waals surface area contributed by atoms with Gasteiger partial charge in [0.2, 0.25) is 0 Å². The van der Waals surface area contributed by atoms with E-state index < -0.39 is 0 Å². The molecule has 0 aliphatic carbocycles. The van der Waals surface area contributed by atoms with Gasteiger partial charge in [0.15, 0.2) is 0 Å². The number of hydrogen-bond acceptors (Lipinski definition) is 10. The zero-order chi connectivity index (χ0) is 39.7. The van der Waals surface area contributed by atoms with E-state index in [1.54, 1.807) is 27.9 Å². The van der Waals surface area contributed by atoms with Crippen molar-refractivity contribution < 1.29 is 12.4 Å². The summed E-state index contributed by atoms with van der Waals surface area (Å²) in [6, 6.07) is 19.6. The van der Waals surface area contributed by atoms with Gasteiger partial charge in [-0.2, -0.15) is 13.8 Å². The molecule has 58 heavy (non-hydrogen) atoms. The van der Waals surface area contributed by atoms with Crippen molar-refractivity contribution in [1.29, 1.82) is 0 Å². The van der Waals surface area contributed by atoms with Gasteiger partial charge in [0.05, 0.1) is 33.5 Å². The first-order valence-corrected chi connectivity index (χ1v) is 19.8. The third kappa shape index (κ3) is 9.67. The Morgan fingerprint density at radius 2 is 1.07 bits per heavy atom. The largest absolute Gasteiger partial charge is 2.00 e. The van der Waals surface area contributed by atoms with E-state index in [1.807, 2.05) is 116 Å². The topological polar surface area (TPSA) is 102 Å². The maximum absolute atomic E-state index is 13.2. The van der Waals surface area contributed by atoms with Crippen LogP contribution in [-0.2, 0) is 0 Å². The molecule has 10 nitrogen and oxygen atoms in total. The van der Waals surface area contributed by atoms with Crippen molar-refractivity contribution in [1.82, 2.24) is 29.1 Å². The van der Waals surface area contributed by atoms with Crippen LogP contribution in [0.5, 0.6) is 0 Å². The van der Waals surface area contributed by atoms with Crippen LogP contribution in [0.4, 0.5) is 11.4 Å². The van der Waals surface area contributed by atoms with Crippen molar-refractivity contribution in [3.05, 3.63) is 122 Å². The van der Waals surface area contributed by atoms with Crippen LogP contribution in [0.2, 0.25) is 5.15 Å². The Kier molecular flexibility index (Phi) is 16.8. The van der Waals surface area contributed by atoms with Crippen LogP contribution in [0.3, 0.4) is 0 Å². The summed E-state index contributed by atoms with van der Waals surface area (Å²) in [6.45, 7) is 12.3. The van der Waals surface area contributed by atoms with Gasteiger partial charge in [-0.3, -0.25) is 18.7 Å². The maximum atomic E-state index is 13.2. The molecule has 8 aromatic rings. The predicted octanol–water partition coefficient (Wildman–Crippen LogP) is 7.01. The summed E-state index contributed by atoms with van der Waals surface area (Å²) in [7, 11) is 7.88. The van der Waals surface area contributed by atoms with Gasteiger partial charge in [0.1, 0.15) is 47.9 Å². The Hall–Kier alpha value is -4.11. The number of pyridine rings is 2. The normalized spacial score (nSPS) is 10.6. The molecule has 6 heterocycles. The average molecular weight is 868 g/mol. The van der Waals surface area contributed by atoms with Gasteiger partial charge >= 0.3 is 23.1 Å². The molecule has 0 aliphatic rings. The van der Waals surface area contributed by atoms with Gasteiger partial charge in [0, 0.05) is 33.9 Å². The Morgan fingerprint density at radius 1 is 0.690 bits per heavy atom. The molecule has 8 rings (SSSR count). The third-order valence-electron chi connectivity index (χ3n) is 8.83. The summed E-state index contributed by atoms with van der Waals surface area (Å²) in [6.07, 6.45) is 5.20. The van der Waals surface area contributed by atoms with Crippen LogP contribution in [0, 0.1) is 20.3 Å². The standard InChI is InChI=1S/C21H22N4OS.C18H15ClN4OS.C3H7.CH4.ClH.Mg/c1-12(2)15-10-16(24(4)5)17-18-19(27-20(17)23-15)21(26)25(11-22-18)14-8-6-13(3)7-9-14;1-10-4-6-11(7-5-10)23-9-20-15-14-12(22(2)3)8-13(19)21-17(14)25-16(15)18(23)24;1-3-2;;;/h6-12H,1-5H3;4-9H,1-3H3;3H,1-2H3;1H4;1H;/q;;-1;;;+2/p-1. The number of anilines is 2. The van der Waals surface area contributed by atoms with E-state index in [0.29, 0.717) is 26.0 Å². The number of halogens is 2. The fourth-order valence-corrected chi connectivity index (χ4v) is 8.39. The molecular weight excluding hydrogens is 820 g/mol. The van der Waals surface area contributed by atoms with Gasteiger partial charge < -0.3 is 28.6 Å². The average Bonchev–Trinajstić information content (AvgIpc) is 3.72. The first-order chi connectivity index (χ1) is 26.2. The molecule has 6 aromatic heterocycles. The number of rotatable bonds is 5. The summed E-state index contributed by atoms with van der Waals surface area (Å²) in [5.74, 6) is 0.315. The number of fused-ring (bicyclic) bond motifs is 6. The van der Waals surface area contributed by atoms with Crippen LogP contribution in [0.15, 0.2) is 82.9 Å². The second-order valence-electron chi connectivity index (χ2n) is 14.0. The summed E-state index contributed by atoms with van der Waals surface area (Å²) < 4.78 is 4.39. The van der Waals surface area contributed by atoms with Crippen molar-refractivity contribution >= 4 is 110 Å². The second kappa shape index (κ2) is 20.2. The molecule has 0 amide bonds. The summed E-state index contributed by atoms with van der Waals surface area (Å²) >= 11 is 8.90. The van der Waals surface area contributed by atoms with Crippen molar-refractivity contribution in [3.8, 4) is 11.4 Å². The molecular formula is C43H48Cl2MgN8O2S2. The van der Waals surface area contributed by atoms with E-state index in [0.717, 1.165) is 65.5 Å². The molecule has 2 aromatic carbocycles. The fraction of sp³-hybridized carbons (Fsp3) is 0.279. The quantitative estimate of drug-likeness (QED) is 0.104. The van der Waals surface area contributed by atoms with Crippen LogP contribution >= 0.6 is 34.3 Å². The van der Waals surface area contributed by atoms with Gasteiger partial charge in [-0.1, -0.05) is 68.3 Å². The molecule has 15 heteroatoms. The minimum absolute atomic E-state index is 0. The first kappa shape index (κ1) is 48.3. The van der Waals surface area contributed by atoms with Gasteiger partial charge in [0.25, 0.3) is 11.1 Å². The molecule has 300 valence electrons. The smallest absolute Gasteiger partial charge is 1.00 e. The van der Waals surface area contributed by atoms with E-state index >= 15 is 0 Å². The summed E-state index contributed by atoms with van der Waals surface area (Å²) in [4.78, 5) is 50.2. The Bertz CT molecular complexity index is 2780. The number of aromatic nitrogens is 6. The van der Waals surface area contributed by atoms with E-state index in [-0.39, 0.29) is 54.0 Å². The molecule has 0 N–H and O–H groups in total. The Balaban J connectivity index is 0.000000278. The van der Waals surface area contributed by atoms with E-state index in [4.69, 9.17) is 16.6 Å². The SMILES string of the molecule is C.C[CH-]C.Cc1ccc(-n2cnc3c(sc4nc(C(C)C)cc(N(C)C)c43)c2=O)cc1.Cc1ccc(-n2cnc3c(sc4nc(Cl)cc(N(C)C)c43)c2=O)cc1.[Cl-].[Mg+2]. The number of benzene rings is 2. The van der Waals surface area contributed by atoms with Gasteiger partial charge in [-0.25, -0.2) is 19.9 Å². The van der Waals surface area contributed by atoms with E-state index in [1.165, 1.54) is 22.7 Å². The monoisotopic (exact) mass is 866 g/mol. The Morgan fingerprint density at radius 3 is 1.45 bits per heavy atom. The fourth-order valence-electron chi connectivity index (χ4n) is 5.99. The van der Waals surface area contributed by atoms with Crippen molar-refractivity contribution in [2.24, 2.45) is 0 Å². The number of aryl methyl sites for hydroxylation is 2. The van der Waals surface area contributed by atoms with Crippen LogP contribution in [0.1, 0.15) is 57.9 Å². The molecule has 0 saturated carbocycles. The summed E-state index contributed by atoms with van der Waals surface area (Å²) in [5, 5.41) is 2.22. The number of hydrogen-bond donors (Lipinski definition) is 0. The van der Waals surface area contributed by atoms with Crippen LogP contribution in [-0.4, -0.2) is 80.3 Å².